The lowest BCUT2D eigenvalue weighted by Crippen LogP contribution is -2.50. The van der Waals surface area contributed by atoms with Crippen LogP contribution < -0.4 is 0 Å². The summed E-state index contributed by atoms with van der Waals surface area (Å²) in [6.45, 7) is 5.69. The molecule has 0 aliphatic carbocycles. The smallest absolute Gasteiger partial charge is 0.409 e. The number of carbonyl (C=O) groups is 2. The fourth-order valence-corrected chi connectivity index (χ4v) is 3.04. The second-order valence-electron chi connectivity index (χ2n) is 5.79. The summed E-state index contributed by atoms with van der Waals surface area (Å²) >= 11 is 0. The Morgan fingerprint density at radius 3 is 2.54 bits per heavy atom. The minimum absolute atomic E-state index is 0.103. The van der Waals surface area contributed by atoms with E-state index in [4.69, 9.17) is 4.74 Å². The Bertz CT molecular complexity index is 779. The Balaban J connectivity index is 1.77. The SMILES string of the molecule is CCOC(=O)N1CCN(C(=O)c2c(C)[nH]c3cc(F)ccc23)CC1. The van der Waals surface area contributed by atoms with E-state index in [1.165, 1.54) is 12.1 Å². The van der Waals surface area contributed by atoms with Crippen LogP contribution in [0.2, 0.25) is 0 Å². The van der Waals surface area contributed by atoms with E-state index in [2.05, 4.69) is 4.98 Å². The molecule has 2 aromatic rings. The van der Waals surface area contributed by atoms with Gasteiger partial charge in [-0.2, -0.15) is 0 Å². The molecule has 6 nitrogen and oxygen atoms in total. The van der Waals surface area contributed by atoms with Gasteiger partial charge in [0.15, 0.2) is 0 Å². The van der Waals surface area contributed by atoms with Crippen LogP contribution in [0.25, 0.3) is 10.9 Å². The van der Waals surface area contributed by atoms with Gasteiger partial charge in [-0.25, -0.2) is 9.18 Å². The summed E-state index contributed by atoms with van der Waals surface area (Å²) in [5.41, 5.74) is 1.89. The van der Waals surface area contributed by atoms with E-state index in [0.29, 0.717) is 54.9 Å². The molecule has 0 saturated carbocycles. The number of nitrogens with zero attached hydrogens (tertiary/aromatic N) is 2. The van der Waals surface area contributed by atoms with Gasteiger partial charge in [0.25, 0.3) is 5.91 Å². The lowest BCUT2D eigenvalue weighted by Gasteiger charge is -2.34. The standard InChI is InChI=1S/C17H20FN3O3/c1-3-24-17(23)21-8-6-20(7-9-21)16(22)15-11(2)19-14-10-12(18)4-5-13(14)15/h4-5,10,19H,3,6-9H2,1-2H3. The minimum atomic E-state index is -0.344. The number of H-pyrrole nitrogens is 1. The number of ether oxygens (including phenoxy) is 1. The molecule has 2 heterocycles. The molecule has 1 saturated heterocycles. The molecule has 0 radical (unpaired) electrons. The first kappa shape index (κ1) is 16.3. The highest BCUT2D eigenvalue weighted by Crippen LogP contribution is 2.24. The molecule has 0 bridgehead atoms. The fraction of sp³-hybridized carbons (Fsp3) is 0.412. The normalized spacial score (nSPS) is 15.0. The van der Waals surface area contributed by atoms with Gasteiger partial charge in [0.1, 0.15) is 5.82 Å². The van der Waals surface area contributed by atoms with Crippen molar-refractivity contribution in [2.75, 3.05) is 32.8 Å². The van der Waals surface area contributed by atoms with Gasteiger partial charge in [-0.1, -0.05) is 0 Å². The number of hydrogen-bond donors (Lipinski definition) is 1. The number of amides is 2. The Morgan fingerprint density at radius 1 is 1.21 bits per heavy atom. The van der Waals surface area contributed by atoms with E-state index in [9.17, 15) is 14.0 Å². The molecule has 7 heteroatoms. The van der Waals surface area contributed by atoms with Crippen molar-refractivity contribution in [2.24, 2.45) is 0 Å². The van der Waals surface area contributed by atoms with E-state index in [0.717, 1.165) is 0 Å². The first-order chi connectivity index (χ1) is 11.5. The number of nitrogens with one attached hydrogen (secondary N) is 1. The molecule has 1 N–H and O–H groups in total. The van der Waals surface area contributed by atoms with Crippen molar-refractivity contribution >= 4 is 22.9 Å². The number of hydrogen-bond acceptors (Lipinski definition) is 3. The van der Waals surface area contributed by atoms with Gasteiger partial charge in [0.05, 0.1) is 12.2 Å². The Labute approximate surface area is 139 Å². The summed E-state index contributed by atoms with van der Waals surface area (Å²) in [5.74, 6) is -0.445. The number of aromatic nitrogens is 1. The van der Waals surface area contributed by atoms with Crippen LogP contribution in [-0.2, 0) is 4.74 Å². The predicted octanol–water partition coefficient (Wildman–Crippen LogP) is 2.53. The summed E-state index contributed by atoms with van der Waals surface area (Å²) in [4.78, 5) is 31.0. The van der Waals surface area contributed by atoms with E-state index >= 15 is 0 Å². The number of fused-ring (bicyclic) bond motifs is 1. The van der Waals surface area contributed by atoms with Crippen LogP contribution in [0.3, 0.4) is 0 Å². The van der Waals surface area contributed by atoms with Crippen LogP contribution in [0, 0.1) is 12.7 Å². The minimum Gasteiger partial charge on any atom is -0.450 e. The average molecular weight is 333 g/mol. The highest BCUT2D eigenvalue weighted by Gasteiger charge is 2.27. The maximum absolute atomic E-state index is 13.4. The zero-order valence-electron chi connectivity index (χ0n) is 13.8. The Hall–Kier alpha value is -2.57. The molecular weight excluding hydrogens is 313 g/mol. The summed E-state index contributed by atoms with van der Waals surface area (Å²) in [7, 11) is 0. The van der Waals surface area contributed by atoms with Gasteiger partial charge in [0.2, 0.25) is 0 Å². The maximum atomic E-state index is 13.4. The molecule has 24 heavy (non-hydrogen) atoms. The number of piperazine rings is 1. The van der Waals surface area contributed by atoms with E-state index < -0.39 is 0 Å². The number of rotatable bonds is 2. The molecule has 3 rings (SSSR count). The maximum Gasteiger partial charge on any atom is 0.409 e. The van der Waals surface area contributed by atoms with Gasteiger partial charge in [-0.05, 0) is 32.0 Å². The lowest BCUT2D eigenvalue weighted by atomic mass is 10.1. The Kier molecular flexibility index (Phi) is 4.42. The molecular formula is C17H20FN3O3. The molecule has 0 atom stereocenters. The third kappa shape index (κ3) is 2.93. The topological polar surface area (TPSA) is 65.6 Å². The van der Waals surface area contributed by atoms with Crippen LogP contribution in [-0.4, -0.2) is 59.6 Å². The number of aryl methyl sites for hydroxylation is 1. The molecule has 1 aromatic carbocycles. The molecule has 2 amide bonds. The van der Waals surface area contributed by atoms with Crippen LogP contribution in [0.4, 0.5) is 9.18 Å². The average Bonchev–Trinajstić information content (AvgIpc) is 2.89. The van der Waals surface area contributed by atoms with Crippen molar-refractivity contribution in [3.8, 4) is 0 Å². The van der Waals surface area contributed by atoms with Crippen molar-refractivity contribution < 1.29 is 18.7 Å². The largest absolute Gasteiger partial charge is 0.450 e. The van der Waals surface area contributed by atoms with Gasteiger partial charge in [-0.15, -0.1) is 0 Å². The summed E-state index contributed by atoms with van der Waals surface area (Å²) in [6, 6.07) is 4.36. The van der Waals surface area contributed by atoms with Crippen molar-refractivity contribution in [1.82, 2.24) is 14.8 Å². The summed E-state index contributed by atoms with van der Waals surface area (Å²) in [5, 5.41) is 0.715. The van der Waals surface area contributed by atoms with E-state index in [-0.39, 0.29) is 17.8 Å². The zero-order chi connectivity index (χ0) is 17.3. The molecule has 128 valence electrons. The molecule has 0 unspecified atom stereocenters. The summed E-state index contributed by atoms with van der Waals surface area (Å²) < 4.78 is 18.3. The van der Waals surface area contributed by atoms with Crippen molar-refractivity contribution in [3.05, 3.63) is 35.3 Å². The summed E-state index contributed by atoms with van der Waals surface area (Å²) in [6.07, 6.45) is -0.344. The number of aromatic amines is 1. The van der Waals surface area contributed by atoms with Gasteiger partial charge in [0, 0.05) is 42.8 Å². The molecule has 1 aromatic heterocycles. The molecule has 1 aliphatic rings. The number of halogens is 1. The molecule has 0 spiro atoms. The van der Waals surface area contributed by atoms with Gasteiger partial charge in [-0.3, -0.25) is 4.79 Å². The lowest BCUT2D eigenvalue weighted by molar-refractivity contribution is 0.0571. The number of carbonyl (C=O) groups excluding carboxylic acids is 2. The van der Waals surface area contributed by atoms with E-state index in [1.807, 2.05) is 0 Å². The zero-order valence-corrected chi connectivity index (χ0v) is 13.8. The van der Waals surface area contributed by atoms with Gasteiger partial charge >= 0.3 is 6.09 Å². The van der Waals surface area contributed by atoms with Crippen molar-refractivity contribution in [3.63, 3.8) is 0 Å². The highest BCUT2D eigenvalue weighted by atomic mass is 19.1. The Morgan fingerprint density at radius 2 is 1.88 bits per heavy atom. The second-order valence-corrected chi connectivity index (χ2v) is 5.79. The molecule has 1 aliphatic heterocycles. The van der Waals surface area contributed by atoms with Crippen LogP contribution in [0.15, 0.2) is 18.2 Å². The predicted molar refractivity (Wildman–Crippen MR) is 87.5 cm³/mol. The van der Waals surface area contributed by atoms with Crippen LogP contribution in [0.5, 0.6) is 0 Å². The first-order valence-electron chi connectivity index (χ1n) is 8.00. The van der Waals surface area contributed by atoms with E-state index in [1.54, 1.807) is 29.7 Å². The fourth-order valence-electron chi connectivity index (χ4n) is 3.04. The van der Waals surface area contributed by atoms with Crippen LogP contribution >= 0.6 is 0 Å². The van der Waals surface area contributed by atoms with Crippen molar-refractivity contribution in [1.29, 1.82) is 0 Å². The third-order valence-electron chi connectivity index (χ3n) is 4.25. The quantitative estimate of drug-likeness (QED) is 0.918. The monoisotopic (exact) mass is 333 g/mol. The van der Waals surface area contributed by atoms with Gasteiger partial charge < -0.3 is 19.5 Å². The van der Waals surface area contributed by atoms with Crippen LogP contribution in [0.1, 0.15) is 23.0 Å². The number of benzene rings is 1. The third-order valence-corrected chi connectivity index (χ3v) is 4.25. The molecule has 1 fully saturated rings. The first-order valence-corrected chi connectivity index (χ1v) is 8.00. The second kappa shape index (κ2) is 6.51. The van der Waals surface area contributed by atoms with Crippen molar-refractivity contribution in [2.45, 2.75) is 13.8 Å². The highest BCUT2D eigenvalue weighted by molar-refractivity contribution is 6.08.